The maximum Gasteiger partial charge on any atom is 0.306 e. The van der Waals surface area contributed by atoms with Gasteiger partial charge >= 0.3 is 5.97 Å². The van der Waals surface area contributed by atoms with Gasteiger partial charge in [-0.1, -0.05) is 5.16 Å². The molecule has 0 bridgehead atoms. The van der Waals surface area contributed by atoms with Crippen LogP contribution in [0.1, 0.15) is 38.5 Å². The van der Waals surface area contributed by atoms with Crippen LogP contribution in [0.15, 0.2) is 21.3 Å². The molecule has 2 aromatic heterocycles. The van der Waals surface area contributed by atoms with E-state index in [4.69, 9.17) is 9.26 Å². The molecule has 1 atom stereocenters. The van der Waals surface area contributed by atoms with Crippen molar-refractivity contribution in [1.29, 1.82) is 0 Å². The van der Waals surface area contributed by atoms with E-state index < -0.39 is 0 Å². The first kappa shape index (κ1) is 18.6. The lowest BCUT2D eigenvalue weighted by Crippen LogP contribution is -2.40. The van der Waals surface area contributed by atoms with E-state index in [2.05, 4.69) is 10.1 Å². The monoisotopic (exact) mass is 377 g/mol. The lowest BCUT2D eigenvalue weighted by atomic mass is 9.94. The quantitative estimate of drug-likeness (QED) is 0.690. The molecule has 1 aliphatic rings. The van der Waals surface area contributed by atoms with Crippen LogP contribution in [0.5, 0.6) is 0 Å². The number of amides is 1. The van der Waals surface area contributed by atoms with Crippen molar-refractivity contribution in [3.8, 4) is 11.4 Å². The van der Waals surface area contributed by atoms with Crippen LogP contribution < -0.4 is 0 Å². The number of carbonyl (C=O) groups excluding carboxylic acids is 2. The SMILES string of the molecule is CCOC(=O)CCC(=O)N1CCC[C@H](Cc2nc(-c3ccsc3)no2)C1. The Kier molecular flexibility index (Phi) is 6.38. The molecule has 7 nitrogen and oxygen atoms in total. The second-order valence-electron chi connectivity index (χ2n) is 6.38. The summed E-state index contributed by atoms with van der Waals surface area (Å²) >= 11 is 1.59. The number of esters is 1. The van der Waals surface area contributed by atoms with Crippen LogP contribution in [-0.4, -0.2) is 46.6 Å². The average Bonchev–Trinajstić information content (AvgIpc) is 3.32. The molecule has 8 heteroatoms. The molecule has 1 amide bonds. The predicted molar refractivity (Wildman–Crippen MR) is 96.5 cm³/mol. The summed E-state index contributed by atoms with van der Waals surface area (Å²) in [4.78, 5) is 30.0. The lowest BCUT2D eigenvalue weighted by Gasteiger charge is -2.32. The Balaban J connectivity index is 1.50. The third-order valence-electron chi connectivity index (χ3n) is 4.43. The minimum Gasteiger partial charge on any atom is -0.466 e. The summed E-state index contributed by atoms with van der Waals surface area (Å²) < 4.78 is 10.2. The largest absolute Gasteiger partial charge is 0.466 e. The summed E-state index contributed by atoms with van der Waals surface area (Å²) in [5, 5.41) is 8.00. The summed E-state index contributed by atoms with van der Waals surface area (Å²) in [7, 11) is 0. The van der Waals surface area contributed by atoms with Gasteiger partial charge in [0.15, 0.2) is 0 Å². The second kappa shape index (κ2) is 8.93. The van der Waals surface area contributed by atoms with Crippen molar-refractivity contribution >= 4 is 23.2 Å². The van der Waals surface area contributed by atoms with Gasteiger partial charge in [0, 0.05) is 36.9 Å². The van der Waals surface area contributed by atoms with Crippen LogP contribution in [0.2, 0.25) is 0 Å². The zero-order chi connectivity index (χ0) is 18.4. The van der Waals surface area contributed by atoms with Crippen LogP contribution in [-0.2, 0) is 20.7 Å². The molecule has 140 valence electrons. The van der Waals surface area contributed by atoms with Gasteiger partial charge in [0.2, 0.25) is 17.6 Å². The van der Waals surface area contributed by atoms with E-state index in [0.29, 0.717) is 37.2 Å². The highest BCUT2D eigenvalue weighted by Crippen LogP contribution is 2.23. The van der Waals surface area contributed by atoms with Crippen molar-refractivity contribution in [1.82, 2.24) is 15.0 Å². The van der Waals surface area contributed by atoms with E-state index >= 15 is 0 Å². The van der Waals surface area contributed by atoms with Crippen LogP contribution in [0, 0.1) is 5.92 Å². The smallest absolute Gasteiger partial charge is 0.306 e. The minimum atomic E-state index is -0.318. The second-order valence-corrected chi connectivity index (χ2v) is 7.16. The van der Waals surface area contributed by atoms with Crippen LogP contribution >= 0.6 is 11.3 Å². The topological polar surface area (TPSA) is 85.5 Å². The molecule has 0 aromatic carbocycles. The first-order valence-electron chi connectivity index (χ1n) is 8.94. The third-order valence-corrected chi connectivity index (χ3v) is 5.11. The average molecular weight is 377 g/mol. The van der Waals surface area contributed by atoms with Crippen molar-refractivity contribution < 1.29 is 18.8 Å². The van der Waals surface area contributed by atoms with E-state index in [1.807, 2.05) is 21.7 Å². The molecular formula is C18H23N3O4S. The number of aromatic nitrogens is 2. The Morgan fingerprint density at radius 2 is 2.31 bits per heavy atom. The number of carbonyl (C=O) groups is 2. The molecule has 0 N–H and O–H groups in total. The maximum absolute atomic E-state index is 12.3. The van der Waals surface area contributed by atoms with E-state index in [1.165, 1.54) is 0 Å². The molecule has 0 aliphatic carbocycles. The number of ether oxygens (including phenoxy) is 1. The van der Waals surface area contributed by atoms with Crippen molar-refractivity contribution in [2.45, 2.75) is 39.0 Å². The van der Waals surface area contributed by atoms with Gasteiger partial charge in [-0.25, -0.2) is 0 Å². The lowest BCUT2D eigenvalue weighted by molar-refractivity contribution is -0.146. The van der Waals surface area contributed by atoms with E-state index in [1.54, 1.807) is 18.3 Å². The van der Waals surface area contributed by atoms with Crippen LogP contribution in [0.25, 0.3) is 11.4 Å². The number of hydrogen-bond acceptors (Lipinski definition) is 7. The van der Waals surface area contributed by atoms with Crippen LogP contribution in [0.3, 0.4) is 0 Å². The molecule has 2 aromatic rings. The zero-order valence-electron chi connectivity index (χ0n) is 14.8. The van der Waals surface area contributed by atoms with E-state index in [0.717, 1.165) is 24.9 Å². The molecule has 0 saturated carbocycles. The van der Waals surface area contributed by atoms with Crippen molar-refractivity contribution in [2.75, 3.05) is 19.7 Å². The summed E-state index contributed by atoms with van der Waals surface area (Å²) in [6, 6.07) is 1.96. The van der Waals surface area contributed by atoms with Gasteiger partial charge in [-0.15, -0.1) is 0 Å². The number of piperidine rings is 1. The molecular weight excluding hydrogens is 354 g/mol. The Morgan fingerprint density at radius 1 is 1.42 bits per heavy atom. The number of hydrogen-bond donors (Lipinski definition) is 0. The predicted octanol–water partition coefficient (Wildman–Crippen LogP) is 2.92. The molecule has 26 heavy (non-hydrogen) atoms. The number of likely N-dealkylation sites (tertiary alicyclic amines) is 1. The number of thiophene rings is 1. The molecule has 3 rings (SSSR count). The van der Waals surface area contributed by atoms with Crippen molar-refractivity contribution in [2.24, 2.45) is 5.92 Å². The first-order valence-corrected chi connectivity index (χ1v) is 9.88. The Morgan fingerprint density at radius 3 is 3.08 bits per heavy atom. The zero-order valence-corrected chi connectivity index (χ0v) is 15.7. The molecule has 1 saturated heterocycles. The third kappa shape index (κ3) is 4.91. The standard InChI is InChI=1S/C18H23N3O4S/c1-2-24-17(23)6-5-16(22)21-8-3-4-13(11-21)10-15-19-18(20-25-15)14-7-9-26-12-14/h7,9,12-13H,2-6,8,10-11H2,1H3/t13-/m1/s1. The number of rotatable bonds is 7. The van der Waals surface area contributed by atoms with Crippen molar-refractivity contribution in [3.05, 3.63) is 22.7 Å². The maximum atomic E-state index is 12.3. The molecule has 0 spiro atoms. The highest BCUT2D eigenvalue weighted by molar-refractivity contribution is 7.08. The van der Waals surface area contributed by atoms with E-state index in [-0.39, 0.29) is 24.7 Å². The Bertz CT molecular complexity index is 729. The molecule has 1 fully saturated rings. The fourth-order valence-electron chi connectivity index (χ4n) is 3.15. The van der Waals surface area contributed by atoms with Crippen LogP contribution in [0.4, 0.5) is 0 Å². The number of nitrogens with zero attached hydrogens (tertiary/aromatic N) is 3. The van der Waals surface area contributed by atoms with Gasteiger partial charge in [-0.05, 0) is 37.1 Å². The molecule has 0 unspecified atom stereocenters. The fraction of sp³-hybridized carbons (Fsp3) is 0.556. The van der Waals surface area contributed by atoms with Gasteiger partial charge in [-0.3, -0.25) is 9.59 Å². The molecule has 0 radical (unpaired) electrons. The summed E-state index contributed by atoms with van der Waals surface area (Å²) in [6.45, 7) is 3.51. The summed E-state index contributed by atoms with van der Waals surface area (Å²) in [5.41, 5.74) is 0.962. The molecule has 3 heterocycles. The fourth-order valence-corrected chi connectivity index (χ4v) is 3.79. The minimum absolute atomic E-state index is 0.00671. The van der Waals surface area contributed by atoms with Crippen molar-refractivity contribution in [3.63, 3.8) is 0 Å². The van der Waals surface area contributed by atoms with E-state index in [9.17, 15) is 9.59 Å². The first-order chi connectivity index (χ1) is 12.7. The summed E-state index contributed by atoms with van der Waals surface area (Å²) in [5.74, 6) is 1.20. The normalized spacial score (nSPS) is 17.3. The Hall–Kier alpha value is -2.22. The molecule has 1 aliphatic heterocycles. The highest BCUT2D eigenvalue weighted by atomic mass is 32.1. The Labute approximate surface area is 156 Å². The van der Waals surface area contributed by atoms with Gasteiger partial charge in [0.1, 0.15) is 0 Å². The summed E-state index contributed by atoms with van der Waals surface area (Å²) in [6.07, 6.45) is 2.98. The van der Waals surface area contributed by atoms with Gasteiger partial charge in [-0.2, -0.15) is 16.3 Å². The van der Waals surface area contributed by atoms with Gasteiger partial charge < -0.3 is 14.2 Å². The van der Waals surface area contributed by atoms with Gasteiger partial charge in [0.25, 0.3) is 0 Å². The van der Waals surface area contributed by atoms with Gasteiger partial charge in [0.05, 0.1) is 13.0 Å². The highest BCUT2D eigenvalue weighted by Gasteiger charge is 2.26.